The first-order valence-electron chi connectivity index (χ1n) is 7.29. The van der Waals surface area contributed by atoms with Crippen LogP contribution in [0.2, 0.25) is 0 Å². The van der Waals surface area contributed by atoms with Gasteiger partial charge in [-0.3, -0.25) is 4.99 Å². The van der Waals surface area contributed by atoms with E-state index < -0.39 is 0 Å². The Morgan fingerprint density at radius 2 is 2.23 bits per heavy atom. The molecule has 7 nitrogen and oxygen atoms in total. The second-order valence-corrected chi connectivity index (χ2v) is 5.98. The first-order valence-corrected chi connectivity index (χ1v) is 8.17. The van der Waals surface area contributed by atoms with Crippen molar-refractivity contribution in [3.8, 4) is 0 Å². The van der Waals surface area contributed by atoms with Crippen LogP contribution in [0.5, 0.6) is 0 Å². The molecule has 0 unspecified atom stereocenters. The molecular formula is C14H20N6OS. The van der Waals surface area contributed by atoms with E-state index in [0.29, 0.717) is 18.3 Å². The quantitative estimate of drug-likeness (QED) is 0.680. The van der Waals surface area contributed by atoms with Gasteiger partial charge in [-0.2, -0.15) is 4.98 Å². The van der Waals surface area contributed by atoms with Crippen LogP contribution < -0.4 is 10.2 Å². The number of piperazine rings is 1. The largest absolute Gasteiger partial charge is 0.360 e. The monoisotopic (exact) mass is 320 g/mol. The minimum absolute atomic E-state index is 0.523. The zero-order valence-corrected chi connectivity index (χ0v) is 13.6. The van der Waals surface area contributed by atoms with Crippen LogP contribution in [0.3, 0.4) is 0 Å². The normalized spacial score (nSPS) is 16.2. The molecular weight excluding hydrogens is 300 g/mol. The first kappa shape index (κ1) is 14.8. The summed E-state index contributed by atoms with van der Waals surface area (Å²) in [6.45, 7) is 6.21. The van der Waals surface area contributed by atoms with Crippen molar-refractivity contribution in [1.82, 2.24) is 20.4 Å². The Hall–Kier alpha value is -2.09. The standard InChI is InChI=1S/C14H20N6OS/c1-11-17-12(18-21-11)10-16-14(15-2)20-7-5-19(6-8-20)13-4-3-9-22-13/h3-4,9H,5-8,10H2,1-2H3,(H,15,16). The third-order valence-corrected chi connectivity index (χ3v) is 4.51. The Kier molecular flexibility index (Phi) is 4.57. The average Bonchev–Trinajstić information content (AvgIpc) is 3.20. The van der Waals surface area contributed by atoms with Gasteiger partial charge in [-0.25, -0.2) is 0 Å². The average molecular weight is 320 g/mol. The molecule has 0 radical (unpaired) electrons. The van der Waals surface area contributed by atoms with Gasteiger partial charge in [0.25, 0.3) is 0 Å². The summed E-state index contributed by atoms with van der Waals surface area (Å²) >= 11 is 1.79. The van der Waals surface area contributed by atoms with E-state index >= 15 is 0 Å². The Balaban J connectivity index is 1.52. The van der Waals surface area contributed by atoms with Gasteiger partial charge in [-0.15, -0.1) is 11.3 Å². The molecule has 0 amide bonds. The summed E-state index contributed by atoms with van der Waals surface area (Å²) in [6, 6.07) is 4.27. The summed E-state index contributed by atoms with van der Waals surface area (Å²) in [5.41, 5.74) is 0. The number of nitrogens with zero attached hydrogens (tertiary/aromatic N) is 5. The number of guanidine groups is 1. The van der Waals surface area contributed by atoms with Gasteiger partial charge in [0, 0.05) is 40.2 Å². The molecule has 1 aliphatic rings. The second kappa shape index (κ2) is 6.78. The molecule has 8 heteroatoms. The molecule has 0 aliphatic carbocycles. The number of hydrogen-bond donors (Lipinski definition) is 1. The molecule has 2 aromatic heterocycles. The summed E-state index contributed by atoms with van der Waals surface area (Å²) in [4.78, 5) is 13.2. The Labute approximate surface area is 133 Å². The van der Waals surface area contributed by atoms with E-state index in [2.05, 4.69) is 47.8 Å². The molecule has 3 heterocycles. The van der Waals surface area contributed by atoms with Crippen molar-refractivity contribution >= 4 is 22.3 Å². The lowest BCUT2D eigenvalue weighted by Gasteiger charge is -2.36. The first-order chi connectivity index (χ1) is 10.8. The summed E-state index contributed by atoms with van der Waals surface area (Å²) in [5, 5.41) is 10.6. The molecule has 1 fully saturated rings. The summed E-state index contributed by atoms with van der Waals surface area (Å²) in [5.74, 6) is 2.11. The molecule has 118 valence electrons. The number of thiophene rings is 1. The number of nitrogens with one attached hydrogen (secondary N) is 1. The minimum atomic E-state index is 0.523. The molecule has 0 bridgehead atoms. The molecule has 22 heavy (non-hydrogen) atoms. The lowest BCUT2D eigenvalue weighted by molar-refractivity contribution is 0.369. The van der Waals surface area contributed by atoms with Crippen molar-refractivity contribution < 1.29 is 4.52 Å². The van der Waals surface area contributed by atoms with Crippen molar-refractivity contribution in [1.29, 1.82) is 0 Å². The third kappa shape index (κ3) is 3.38. The number of hydrogen-bond acceptors (Lipinski definition) is 6. The van der Waals surface area contributed by atoms with Crippen LogP contribution in [-0.2, 0) is 6.54 Å². The van der Waals surface area contributed by atoms with E-state index in [1.807, 2.05) is 0 Å². The molecule has 1 N–H and O–H groups in total. The van der Waals surface area contributed by atoms with Gasteiger partial charge >= 0.3 is 0 Å². The van der Waals surface area contributed by atoms with Crippen LogP contribution in [0.15, 0.2) is 27.0 Å². The van der Waals surface area contributed by atoms with Crippen molar-refractivity contribution in [2.45, 2.75) is 13.5 Å². The van der Waals surface area contributed by atoms with E-state index in [1.54, 1.807) is 25.3 Å². The van der Waals surface area contributed by atoms with Crippen LogP contribution in [0.1, 0.15) is 11.7 Å². The zero-order valence-electron chi connectivity index (χ0n) is 12.8. The lowest BCUT2D eigenvalue weighted by Crippen LogP contribution is -2.52. The second-order valence-electron chi connectivity index (χ2n) is 5.06. The molecule has 0 spiro atoms. The fraction of sp³-hybridized carbons (Fsp3) is 0.500. The molecule has 3 rings (SSSR count). The Morgan fingerprint density at radius 3 is 2.82 bits per heavy atom. The lowest BCUT2D eigenvalue weighted by atomic mass is 10.3. The SMILES string of the molecule is CN=C(NCc1noc(C)n1)N1CCN(c2cccs2)CC1. The highest BCUT2D eigenvalue weighted by Crippen LogP contribution is 2.22. The van der Waals surface area contributed by atoms with Crippen LogP contribution in [0.4, 0.5) is 5.00 Å². The summed E-state index contributed by atoms with van der Waals surface area (Å²) in [7, 11) is 1.80. The maximum absolute atomic E-state index is 4.97. The molecule has 0 atom stereocenters. The molecule has 0 aromatic carbocycles. The zero-order chi connectivity index (χ0) is 15.4. The number of aliphatic imine (C=N–C) groups is 1. The number of aryl methyl sites for hydroxylation is 1. The molecule has 1 aliphatic heterocycles. The highest BCUT2D eigenvalue weighted by Gasteiger charge is 2.20. The predicted molar refractivity (Wildman–Crippen MR) is 87.3 cm³/mol. The van der Waals surface area contributed by atoms with Crippen molar-refractivity contribution in [2.75, 3.05) is 38.1 Å². The number of aromatic nitrogens is 2. The van der Waals surface area contributed by atoms with Gasteiger partial charge in [0.2, 0.25) is 5.89 Å². The minimum Gasteiger partial charge on any atom is -0.360 e. The van der Waals surface area contributed by atoms with Crippen LogP contribution in [0.25, 0.3) is 0 Å². The van der Waals surface area contributed by atoms with Crippen molar-refractivity contribution in [3.63, 3.8) is 0 Å². The van der Waals surface area contributed by atoms with Gasteiger partial charge < -0.3 is 19.6 Å². The maximum Gasteiger partial charge on any atom is 0.223 e. The van der Waals surface area contributed by atoms with E-state index in [0.717, 1.165) is 32.1 Å². The van der Waals surface area contributed by atoms with E-state index in [9.17, 15) is 0 Å². The highest BCUT2D eigenvalue weighted by atomic mass is 32.1. The van der Waals surface area contributed by atoms with Gasteiger partial charge in [0.15, 0.2) is 11.8 Å². The molecule has 1 saturated heterocycles. The Morgan fingerprint density at radius 1 is 1.41 bits per heavy atom. The topological polar surface area (TPSA) is 69.8 Å². The highest BCUT2D eigenvalue weighted by molar-refractivity contribution is 7.14. The maximum atomic E-state index is 4.97. The number of anilines is 1. The van der Waals surface area contributed by atoms with Gasteiger partial charge in [0.1, 0.15) is 0 Å². The predicted octanol–water partition coefficient (Wildman–Crippen LogP) is 1.34. The van der Waals surface area contributed by atoms with Gasteiger partial charge in [-0.1, -0.05) is 5.16 Å². The fourth-order valence-electron chi connectivity index (χ4n) is 2.49. The molecule has 2 aromatic rings. The van der Waals surface area contributed by atoms with E-state index in [-0.39, 0.29) is 0 Å². The number of rotatable bonds is 3. The van der Waals surface area contributed by atoms with Gasteiger partial charge in [0.05, 0.1) is 11.5 Å². The van der Waals surface area contributed by atoms with Crippen molar-refractivity contribution in [2.24, 2.45) is 4.99 Å². The van der Waals surface area contributed by atoms with Crippen molar-refractivity contribution in [3.05, 3.63) is 29.2 Å². The van der Waals surface area contributed by atoms with E-state index in [1.165, 1.54) is 5.00 Å². The fourth-order valence-corrected chi connectivity index (χ4v) is 3.28. The molecule has 0 saturated carbocycles. The van der Waals surface area contributed by atoms with E-state index in [4.69, 9.17) is 4.52 Å². The summed E-state index contributed by atoms with van der Waals surface area (Å²) < 4.78 is 4.97. The van der Waals surface area contributed by atoms with Crippen LogP contribution in [-0.4, -0.2) is 54.2 Å². The smallest absolute Gasteiger partial charge is 0.223 e. The van der Waals surface area contributed by atoms with Crippen LogP contribution in [0, 0.1) is 6.92 Å². The Bertz CT molecular complexity index is 615. The summed E-state index contributed by atoms with van der Waals surface area (Å²) in [6.07, 6.45) is 0. The third-order valence-electron chi connectivity index (χ3n) is 3.58. The van der Waals surface area contributed by atoms with Crippen LogP contribution >= 0.6 is 11.3 Å². The van der Waals surface area contributed by atoms with Gasteiger partial charge in [-0.05, 0) is 17.5 Å².